The Morgan fingerprint density at radius 1 is 1.02 bits per heavy atom. The lowest BCUT2D eigenvalue weighted by Gasteiger charge is -2.69. The molecule has 5 aliphatic carbocycles. The third kappa shape index (κ3) is 4.70. The molecule has 0 aromatic rings. The Balaban J connectivity index is 1.62. The molecule has 0 radical (unpaired) electrons. The number of nitrogens with zero attached hydrogens (tertiary/aromatic N) is 1. The Bertz CT molecular complexity index is 1430. The number of carbonyl (C=O) groups excluding carboxylic acids is 4. The lowest BCUT2D eigenvalue weighted by atomic mass is 9.34. The minimum absolute atomic E-state index is 0.0137. The van der Waals surface area contributed by atoms with Crippen LogP contribution in [0.25, 0.3) is 0 Å². The van der Waals surface area contributed by atoms with Crippen LogP contribution in [-0.2, 0) is 23.9 Å². The molecule has 0 saturated heterocycles. The van der Waals surface area contributed by atoms with Crippen LogP contribution in [0.4, 0.5) is 0 Å². The van der Waals surface area contributed by atoms with Gasteiger partial charge in [-0.1, -0.05) is 74.0 Å². The second-order valence-corrected chi connectivity index (χ2v) is 17.6. The Labute approximate surface area is 270 Å². The van der Waals surface area contributed by atoms with E-state index in [4.69, 9.17) is 4.74 Å². The fourth-order valence-corrected chi connectivity index (χ4v) is 11.2. The van der Waals surface area contributed by atoms with Gasteiger partial charge in [-0.2, -0.15) is 5.26 Å². The minimum atomic E-state index is -0.742. The van der Waals surface area contributed by atoms with Crippen LogP contribution in [0.15, 0.2) is 23.3 Å². The van der Waals surface area contributed by atoms with E-state index >= 15 is 0 Å². The number of amides is 1. The first-order chi connectivity index (χ1) is 20.7. The first-order valence-electron chi connectivity index (χ1n) is 17.1. The molecule has 0 aliphatic heterocycles. The maximum Gasteiger partial charge on any atom is 0.328 e. The highest BCUT2D eigenvalue weighted by Crippen LogP contribution is 2.74. The predicted molar refractivity (Wildman–Crippen MR) is 172 cm³/mol. The summed E-state index contributed by atoms with van der Waals surface area (Å²) in [4.78, 5) is 55.4. The molecule has 1 amide bonds. The summed E-state index contributed by atoms with van der Waals surface area (Å²) in [7, 11) is 1.36. The average Bonchev–Trinajstić information content (AvgIpc) is 2.94. The summed E-state index contributed by atoms with van der Waals surface area (Å²) in [5.41, 5.74) is -1.58. The zero-order chi connectivity index (χ0) is 33.5. The summed E-state index contributed by atoms with van der Waals surface area (Å²) >= 11 is 0. The molecule has 0 aromatic carbocycles. The van der Waals surface area contributed by atoms with E-state index in [-0.39, 0.29) is 57.5 Å². The summed E-state index contributed by atoms with van der Waals surface area (Å²) in [5.74, 6) is -0.913. The summed E-state index contributed by atoms with van der Waals surface area (Å²) in [6.07, 6.45) is 9.61. The summed E-state index contributed by atoms with van der Waals surface area (Å²) in [6.45, 7) is 19.2. The van der Waals surface area contributed by atoms with Gasteiger partial charge in [0.25, 0.3) is 0 Å². The average molecular weight is 619 g/mol. The number of carbonyl (C=O) groups is 4. The highest BCUT2D eigenvalue weighted by atomic mass is 16.5. The summed E-state index contributed by atoms with van der Waals surface area (Å²) in [6, 6.07) is 1.46. The molecule has 1 N–H and O–H groups in total. The number of allylic oxidation sites excluding steroid dienone is 4. The van der Waals surface area contributed by atoms with Gasteiger partial charge in [-0.3, -0.25) is 14.4 Å². The van der Waals surface area contributed by atoms with Gasteiger partial charge in [-0.05, 0) is 91.4 Å². The largest absolute Gasteiger partial charge is 0.467 e. The molecule has 45 heavy (non-hydrogen) atoms. The molecule has 0 bridgehead atoms. The molecular weight excluding hydrogens is 564 g/mol. The molecular formula is C38H54N2O5. The fourth-order valence-electron chi connectivity index (χ4n) is 11.2. The van der Waals surface area contributed by atoms with Crippen molar-refractivity contribution in [3.05, 3.63) is 23.3 Å². The van der Waals surface area contributed by atoms with Gasteiger partial charge in [0.2, 0.25) is 5.91 Å². The number of ether oxygens (including phenoxy) is 1. The molecule has 8 atom stereocenters. The van der Waals surface area contributed by atoms with Crippen LogP contribution in [0.3, 0.4) is 0 Å². The van der Waals surface area contributed by atoms with Crippen molar-refractivity contribution in [3.8, 4) is 6.07 Å². The topological polar surface area (TPSA) is 113 Å². The molecule has 0 aromatic heterocycles. The number of hydrogen-bond acceptors (Lipinski definition) is 6. The van der Waals surface area contributed by atoms with Crippen molar-refractivity contribution in [3.63, 3.8) is 0 Å². The van der Waals surface area contributed by atoms with Crippen molar-refractivity contribution < 1.29 is 23.9 Å². The van der Waals surface area contributed by atoms with E-state index in [1.165, 1.54) is 7.11 Å². The summed E-state index contributed by atoms with van der Waals surface area (Å²) < 4.78 is 5.09. The van der Waals surface area contributed by atoms with Crippen LogP contribution in [-0.4, -0.2) is 36.6 Å². The molecule has 7 heteroatoms. The normalized spacial score (nSPS) is 40.4. The maximum atomic E-state index is 14.7. The van der Waals surface area contributed by atoms with E-state index in [0.29, 0.717) is 25.7 Å². The molecule has 3 fully saturated rings. The number of nitriles is 1. The monoisotopic (exact) mass is 618 g/mol. The number of fused-ring (bicyclic) bond motifs is 7. The van der Waals surface area contributed by atoms with Crippen LogP contribution >= 0.6 is 0 Å². The van der Waals surface area contributed by atoms with Gasteiger partial charge in [0, 0.05) is 16.7 Å². The number of hydrogen-bond donors (Lipinski definition) is 1. The van der Waals surface area contributed by atoms with E-state index in [1.807, 2.05) is 39.8 Å². The highest BCUT2D eigenvalue weighted by molar-refractivity contribution is 6.04. The smallest absolute Gasteiger partial charge is 0.328 e. The number of ketones is 2. The van der Waals surface area contributed by atoms with Crippen LogP contribution in [0.5, 0.6) is 0 Å². The van der Waals surface area contributed by atoms with Crippen LogP contribution in [0.2, 0.25) is 0 Å². The molecule has 3 saturated carbocycles. The molecule has 0 heterocycles. The van der Waals surface area contributed by atoms with Crippen LogP contribution < -0.4 is 5.32 Å². The van der Waals surface area contributed by atoms with Gasteiger partial charge >= 0.3 is 5.97 Å². The lowest BCUT2D eigenvalue weighted by Crippen LogP contribution is -2.67. The Hall–Kier alpha value is -2.75. The zero-order valence-corrected chi connectivity index (χ0v) is 29.2. The van der Waals surface area contributed by atoms with Crippen molar-refractivity contribution in [2.75, 3.05) is 7.11 Å². The molecule has 5 rings (SSSR count). The van der Waals surface area contributed by atoms with Gasteiger partial charge in [-0.25, -0.2) is 4.79 Å². The Kier molecular flexibility index (Phi) is 7.95. The Morgan fingerprint density at radius 2 is 1.67 bits per heavy atom. The van der Waals surface area contributed by atoms with Gasteiger partial charge < -0.3 is 10.1 Å². The summed E-state index contributed by atoms with van der Waals surface area (Å²) in [5, 5.41) is 13.1. The zero-order valence-electron chi connectivity index (χ0n) is 29.2. The van der Waals surface area contributed by atoms with Crippen molar-refractivity contribution in [2.45, 2.75) is 120 Å². The third-order valence-electron chi connectivity index (χ3n) is 13.8. The van der Waals surface area contributed by atoms with E-state index in [2.05, 4.69) is 46.0 Å². The molecule has 246 valence electrons. The van der Waals surface area contributed by atoms with E-state index in [0.717, 1.165) is 31.3 Å². The quantitative estimate of drug-likeness (QED) is 0.335. The van der Waals surface area contributed by atoms with Gasteiger partial charge in [0.05, 0.1) is 18.1 Å². The molecule has 7 nitrogen and oxygen atoms in total. The number of methoxy groups -OCH3 is 1. The van der Waals surface area contributed by atoms with Crippen molar-refractivity contribution in [1.82, 2.24) is 5.32 Å². The number of rotatable bonds is 5. The Morgan fingerprint density at radius 3 is 2.27 bits per heavy atom. The number of nitrogens with one attached hydrogen (secondary N) is 1. The standard InChI is InChI=1S/C38H54N2O5/c1-22(2)17-25(31(43)45-10)40-32(44)38-15-13-33(3,4)20-24(38)29-26(41)18-28-35(7)19-23(21-39)30(42)34(5,6)27(35)11-12-36(28,8)37(29,9)14-16-38/h18-19,22,24-25,27,29H,11-17,20H2,1-10H3,(H,40,44)/t24-,25?,27-,29-,35-,36+,37+,38-/m0/s1. The van der Waals surface area contributed by atoms with Crippen molar-refractivity contribution in [2.24, 2.45) is 56.2 Å². The second kappa shape index (κ2) is 10.6. The minimum Gasteiger partial charge on any atom is -0.467 e. The van der Waals surface area contributed by atoms with Crippen LogP contribution in [0.1, 0.15) is 114 Å². The predicted octanol–water partition coefficient (Wildman–Crippen LogP) is 6.91. The lowest BCUT2D eigenvalue weighted by molar-refractivity contribution is -0.179. The number of Topliss-reactive ketones (excluding diaryl/α,β-unsaturated/α-hetero) is 1. The van der Waals surface area contributed by atoms with Crippen molar-refractivity contribution in [1.29, 1.82) is 5.26 Å². The van der Waals surface area contributed by atoms with Gasteiger partial charge in [0.15, 0.2) is 11.6 Å². The SMILES string of the molecule is COC(=O)C(CC(C)C)NC(=O)[C@]12CCC(C)(C)C[C@H]1[C@H]1C(=O)C=C3[C@@]4(C)C=C(C#N)C(=O)C(C)(C)[C@@H]4CC[C@@]3(C)[C@]1(C)CC2. The van der Waals surface area contributed by atoms with Gasteiger partial charge in [0.1, 0.15) is 12.1 Å². The van der Waals surface area contributed by atoms with E-state index < -0.39 is 33.7 Å². The van der Waals surface area contributed by atoms with E-state index in [9.17, 15) is 24.4 Å². The molecule has 5 aliphatic rings. The third-order valence-corrected chi connectivity index (χ3v) is 13.8. The first-order valence-corrected chi connectivity index (χ1v) is 17.1. The number of esters is 1. The fraction of sp³-hybridized carbons (Fsp3) is 0.763. The molecule has 0 spiro atoms. The van der Waals surface area contributed by atoms with Crippen molar-refractivity contribution >= 4 is 23.4 Å². The second-order valence-electron chi connectivity index (χ2n) is 17.6. The molecule has 1 unspecified atom stereocenters. The highest BCUT2D eigenvalue weighted by Gasteiger charge is 2.71. The first kappa shape index (κ1) is 33.6. The van der Waals surface area contributed by atoms with E-state index in [1.54, 1.807) is 0 Å². The van der Waals surface area contributed by atoms with Crippen LogP contribution in [0, 0.1) is 67.5 Å². The maximum absolute atomic E-state index is 14.7. The van der Waals surface area contributed by atoms with Gasteiger partial charge in [-0.15, -0.1) is 0 Å².